The molecule has 0 spiro atoms. The molecule has 0 saturated carbocycles. The van der Waals surface area contributed by atoms with E-state index in [4.69, 9.17) is 0 Å². The lowest BCUT2D eigenvalue weighted by atomic mass is 9.59. The Labute approximate surface area is 142 Å². The zero-order valence-corrected chi connectivity index (χ0v) is 14.2. The summed E-state index contributed by atoms with van der Waals surface area (Å²) in [7, 11) is 0. The quantitative estimate of drug-likeness (QED) is 0.869. The summed E-state index contributed by atoms with van der Waals surface area (Å²) in [6.45, 7) is 5.31. The number of phenols is 1. The molecule has 3 atom stereocenters. The molecule has 0 radical (unpaired) electrons. The molecule has 3 nitrogen and oxygen atoms in total. The number of benzene rings is 2. The van der Waals surface area contributed by atoms with E-state index in [0.717, 1.165) is 24.9 Å². The van der Waals surface area contributed by atoms with E-state index in [0.29, 0.717) is 11.7 Å². The normalized spacial score (nSPS) is 28.3. The second-order valence-corrected chi connectivity index (χ2v) is 7.43. The van der Waals surface area contributed by atoms with Crippen molar-refractivity contribution in [3.05, 3.63) is 65.2 Å². The number of hydrogen-bond donors (Lipinski definition) is 1. The van der Waals surface area contributed by atoms with Gasteiger partial charge in [0, 0.05) is 18.2 Å². The first-order valence-corrected chi connectivity index (χ1v) is 8.69. The molecule has 4 rings (SSSR count). The summed E-state index contributed by atoms with van der Waals surface area (Å²) in [6, 6.07) is 15.5. The Morgan fingerprint density at radius 3 is 2.71 bits per heavy atom. The van der Waals surface area contributed by atoms with E-state index < -0.39 is 0 Å². The van der Waals surface area contributed by atoms with Crippen molar-refractivity contribution in [1.82, 2.24) is 4.90 Å². The largest absolute Gasteiger partial charge is 0.508 e. The van der Waals surface area contributed by atoms with Gasteiger partial charge in [-0.3, -0.25) is 4.79 Å². The minimum absolute atomic E-state index is 0.0183. The van der Waals surface area contributed by atoms with E-state index in [1.54, 1.807) is 6.07 Å². The Balaban J connectivity index is 1.73. The lowest BCUT2D eigenvalue weighted by molar-refractivity contribution is 0.0250. The summed E-state index contributed by atoms with van der Waals surface area (Å²) in [5.74, 6) is 0.841. The number of phenolic OH excluding ortho intramolecular Hbond substituents is 1. The number of rotatable bonds is 1. The van der Waals surface area contributed by atoms with Crippen molar-refractivity contribution in [3.63, 3.8) is 0 Å². The maximum absolute atomic E-state index is 13.0. The van der Waals surface area contributed by atoms with Gasteiger partial charge in [0.1, 0.15) is 5.75 Å². The van der Waals surface area contributed by atoms with Gasteiger partial charge in [-0.2, -0.15) is 0 Å². The number of amides is 1. The summed E-state index contributed by atoms with van der Waals surface area (Å²) < 4.78 is 0. The second kappa shape index (κ2) is 5.37. The molecular formula is C21H23NO2. The number of likely N-dealkylation sites (tertiary alicyclic amines) is 1. The number of nitrogens with zero attached hydrogens (tertiary/aromatic N) is 1. The number of fused-ring (bicyclic) bond motifs is 4. The standard InChI is InChI=1S/C21H23NO2/c1-14-19-12-16-8-9-17(23)13-18(16)21(14,2)10-11-22(19)20(24)15-6-4-3-5-7-15/h3-9,13-14,19,23H,10-12H2,1-2H3/t14-,19+,21+/m0/s1. The zero-order chi connectivity index (χ0) is 16.9. The van der Waals surface area contributed by atoms with Crippen LogP contribution in [0.2, 0.25) is 0 Å². The minimum atomic E-state index is 0.0183. The van der Waals surface area contributed by atoms with Crippen LogP contribution in [0.25, 0.3) is 0 Å². The van der Waals surface area contributed by atoms with E-state index in [1.165, 1.54) is 11.1 Å². The van der Waals surface area contributed by atoms with Crippen LogP contribution < -0.4 is 0 Å². The number of piperidine rings is 1. The van der Waals surface area contributed by atoms with E-state index in [9.17, 15) is 9.90 Å². The van der Waals surface area contributed by atoms with Crippen LogP contribution >= 0.6 is 0 Å². The van der Waals surface area contributed by atoms with Crippen LogP contribution in [0, 0.1) is 5.92 Å². The van der Waals surface area contributed by atoms with Crippen molar-refractivity contribution in [1.29, 1.82) is 0 Å². The fourth-order valence-corrected chi connectivity index (χ4v) is 4.61. The Hall–Kier alpha value is -2.29. The summed E-state index contributed by atoms with van der Waals surface area (Å²) >= 11 is 0. The molecule has 2 aromatic rings. The monoisotopic (exact) mass is 321 g/mol. The Kier molecular flexibility index (Phi) is 3.41. The first kappa shape index (κ1) is 15.3. The van der Waals surface area contributed by atoms with Crippen molar-refractivity contribution in [2.75, 3.05) is 6.54 Å². The molecule has 1 saturated heterocycles. The molecule has 2 bridgehead atoms. The van der Waals surface area contributed by atoms with Gasteiger partial charge in [-0.1, -0.05) is 38.1 Å². The predicted molar refractivity (Wildman–Crippen MR) is 94.2 cm³/mol. The molecule has 2 aliphatic rings. The third-order valence-electron chi connectivity index (χ3n) is 6.27. The summed E-state index contributed by atoms with van der Waals surface area (Å²) in [5.41, 5.74) is 3.32. The van der Waals surface area contributed by atoms with Crippen molar-refractivity contribution >= 4 is 5.91 Å². The number of carbonyl (C=O) groups is 1. The summed E-state index contributed by atoms with van der Waals surface area (Å²) in [4.78, 5) is 15.1. The van der Waals surface area contributed by atoms with Gasteiger partial charge in [0.15, 0.2) is 0 Å². The SMILES string of the molecule is C[C@H]1[C@H]2Cc3ccc(O)cc3[C@]1(C)CCN2C(=O)c1ccccc1. The van der Waals surface area contributed by atoms with Crippen LogP contribution in [-0.4, -0.2) is 28.5 Å². The first-order chi connectivity index (χ1) is 11.5. The molecule has 0 unspecified atom stereocenters. The third kappa shape index (κ3) is 2.15. The topological polar surface area (TPSA) is 40.5 Å². The van der Waals surface area contributed by atoms with Gasteiger partial charge in [-0.05, 0) is 59.6 Å². The van der Waals surface area contributed by atoms with Crippen molar-refractivity contribution in [2.45, 2.75) is 38.1 Å². The summed E-state index contributed by atoms with van der Waals surface area (Å²) in [5, 5.41) is 9.91. The second-order valence-electron chi connectivity index (χ2n) is 7.43. The molecular weight excluding hydrogens is 298 g/mol. The molecule has 0 aromatic heterocycles. The lowest BCUT2D eigenvalue weighted by Gasteiger charge is -2.54. The maximum atomic E-state index is 13.0. The van der Waals surface area contributed by atoms with Crippen LogP contribution in [-0.2, 0) is 11.8 Å². The van der Waals surface area contributed by atoms with E-state index in [-0.39, 0.29) is 17.4 Å². The summed E-state index contributed by atoms with van der Waals surface area (Å²) in [6.07, 6.45) is 1.80. The third-order valence-corrected chi connectivity index (χ3v) is 6.27. The van der Waals surface area contributed by atoms with Crippen LogP contribution in [0.3, 0.4) is 0 Å². The van der Waals surface area contributed by atoms with E-state index in [1.807, 2.05) is 42.5 Å². The number of carbonyl (C=O) groups excluding carboxylic acids is 1. The van der Waals surface area contributed by atoms with Crippen LogP contribution in [0.4, 0.5) is 0 Å². The number of aromatic hydroxyl groups is 1. The van der Waals surface area contributed by atoms with Crippen molar-refractivity contribution in [2.24, 2.45) is 5.92 Å². The molecule has 1 heterocycles. The number of hydrogen-bond acceptors (Lipinski definition) is 2. The Morgan fingerprint density at radius 2 is 1.96 bits per heavy atom. The smallest absolute Gasteiger partial charge is 0.254 e. The lowest BCUT2D eigenvalue weighted by Crippen LogP contribution is -2.59. The molecule has 1 fully saturated rings. The molecule has 24 heavy (non-hydrogen) atoms. The highest BCUT2D eigenvalue weighted by molar-refractivity contribution is 5.94. The zero-order valence-electron chi connectivity index (χ0n) is 14.2. The van der Waals surface area contributed by atoms with Crippen LogP contribution in [0.1, 0.15) is 41.8 Å². The fraction of sp³-hybridized carbons (Fsp3) is 0.381. The van der Waals surface area contributed by atoms with E-state index >= 15 is 0 Å². The molecule has 1 aliphatic heterocycles. The van der Waals surface area contributed by atoms with Crippen molar-refractivity contribution in [3.8, 4) is 5.75 Å². The molecule has 3 heteroatoms. The van der Waals surface area contributed by atoms with Crippen LogP contribution in [0.15, 0.2) is 48.5 Å². The fourth-order valence-electron chi connectivity index (χ4n) is 4.61. The molecule has 1 amide bonds. The average molecular weight is 321 g/mol. The highest BCUT2D eigenvalue weighted by Crippen LogP contribution is 2.49. The van der Waals surface area contributed by atoms with Gasteiger partial charge in [-0.25, -0.2) is 0 Å². The predicted octanol–water partition coefficient (Wildman–Crippen LogP) is 3.76. The maximum Gasteiger partial charge on any atom is 0.254 e. The van der Waals surface area contributed by atoms with Gasteiger partial charge >= 0.3 is 0 Å². The highest BCUT2D eigenvalue weighted by atomic mass is 16.3. The van der Waals surface area contributed by atoms with Gasteiger partial charge in [0.05, 0.1) is 0 Å². The molecule has 1 aliphatic carbocycles. The van der Waals surface area contributed by atoms with Gasteiger partial charge in [0.25, 0.3) is 5.91 Å². The van der Waals surface area contributed by atoms with Crippen molar-refractivity contribution < 1.29 is 9.90 Å². The highest BCUT2D eigenvalue weighted by Gasteiger charge is 2.49. The first-order valence-electron chi connectivity index (χ1n) is 8.69. The van der Waals surface area contributed by atoms with E-state index in [2.05, 4.69) is 18.7 Å². The Morgan fingerprint density at radius 1 is 1.21 bits per heavy atom. The average Bonchev–Trinajstić information content (AvgIpc) is 2.59. The molecule has 2 aromatic carbocycles. The molecule has 124 valence electrons. The minimum Gasteiger partial charge on any atom is -0.508 e. The van der Waals surface area contributed by atoms with Gasteiger partial charge in [0.2, 0.25) is 0 Å². The van der Waals surface area contributed by atoms with Gasteiger partial charge in [-0.15, -0.1) is 0 Å². The van der Waals surface area contributed by atoms with Gasteiger partial charge < -0.3 is 10.0 Å². The van der Waals surface area contributed by atoms with Crippen LogP contribution in [0.5, 0.6) is 5.75 Å². The molecule has 1 N–H and O–H groups in total. The Bertz CT molecular complexity index is 786.